The van der Waals surface area contributed by atoms with E-state index in [9.17, 15) is 9.59 Å². The molecule has 0 aromatic heterocycles. The Bertz CT molecular complexity index is 625. The lowest BCUT2D eigenvalue weighted by Crippen LogP contribution is -2.34. The third-order valence-electron chi connectivity index (χ3n) is 3.29. The van der Waals surface area contributed by atoms with Gasteiger partial charge >= 0.3 is 5.97 Å². The van der Waals surface area contributed by atoms with Gasteiger partial charge in [0.1, 0.15) is 17.4 Å². The number of esters is 1. The smallest absolute Gasteiger partial charge is 0.349 e. The van der Waals surface area contributed by atoms with Crippen LogP contribution in [0.15, 0.2) is 29.8 Å². The number of rotatable bonds is 8. The van der Waals surface area contributed by atoms with E-state index in [1.807, 2.05) is 20.8 Å². The highest BCUT2D eigenvalue weighted by Gasteiger charge is 2.15. The van der Waals surface area contributed by atoms with Crippen molar-refractivity contribution in [3.8, 4) is 11.8 Å². The van der Waals surface area contributed by atoms with Crippen LogP contribution in [-0.4, -0.2) is 43.1 Å². The number of likely N-dealkylation sites (N-methyl/N-ethyl adjacent to an activating group) is 1. The first-order chi connectivity index (χ1) is 11.5. The number of ether oxygens (including phenoxy) is 2. The molecule has 1 aromatic carbocycles. The van der Waals surface area contributed by atoms with E-state index in [-0.39, 0.29) is 18.1 Å². The van der Waals surface area contributed by atoms with Crippen LogP contribution in [0.1, 0.15) is 26.3 Å². The summed E-state index contributed by atoms with van der Waals surface area (Å²) in [5, 5.41) is 9.12. The normalized spacial score (nSPS) is 10.7. The Balaban J connectivity index is 2.72. The van der Waals surface area contributed by atoms with Gasteiger partial charge in [-0.15, -0.1) is 0 Å². The number of nitrogens with zero attached hydrogens (tertiary/aromatic N) is 2. The number of amides is 1. The molecule has 6 heteroatoms. The standard InChI is InChI=1S/C18H22N2O4/c1-4-20(5-2)17(21)13-24-18(22)15(12-19)11-14-7-9-16(10-8-14)23-6-3/h7-11H,4-6,13H2,1-3H3/b15-11+. The average molecular weight is 330 g/mol. The molecule has 24 heavy (non-hydrogen) atoms. The van der Waals surface area contributed by atoms with E-state index in [1.54, 1.807) is 35.2 Å². The molecule has 0 N–H and O–H groups in total. The Morgan fingerprint density at radius 2 is 1.79 bits per heavy atom. The first-order valence-electron chi connectivity index (χ1n) is 7.85. The first kappa shape index (κ1) is 19.2. The Labute approximate surface area is 142 Å². The Morgan fingerprint density at radius 1 is 1.17 bits per heavy atom. The molecule has 1 aromatic rings. The topological polar surface area (TPSA) is 79.6 Å². The summed E-state index contributed by atoms with van der Waals surface area (Å²) in [7, 11) is 0. The molecule has 0 fully saturated rings. The highest BCUT2D eigenvalue weighted by molar-refractivity contribution is 5.98. The fraction of sp³-hybridized carbons (Fsp3) is 0.389. The minimum atomic E-state index is -0.813. The lowest BCUT2D eigenvalue weighted by molar-refractivity contribution is -0.148. The van der Waals surface area contributed by atoms with E-state index in [0.717, 1.165) is 0 Å². The van der Waals surface area contributed by atoms with Crippen molar-refractivity contribution in [2.45, 2.75) is 20.8 Å². The summed E-state index contributed by atoms with van der Waals surface area (Å²) >= 11 is 0. The highest BCUT2D eigenvalue weighted by Crippen LogP contribution is 2.15. The fourth-order valence-corrected chi connectivity index (χ4v) is 2.00. The van der Waals surface area contributed by atoms with Crippen LogP contribution >= 0.6 is 0 Å². The van der Waals surface area contributed by atoms with Crippen molar-refractivity contribution >= 4 is 18.0 Å². The van der Waals surface area contributed by atoms with E-state index >= 15 is 0 Å². The molecule has 0 radical (unpaired) electrons. The summed E-state index contributed by atoms with van der Waals surface area (Å²) in [4.78, 5) is 25.3. The van der Waals surface area contributed by atoms with Crippen LogP contribution in [0, 0.1) is 11.3 Å². The lowest BCUT2D eigenvalue weighted by Gasteiger charge is -2.18. The Morgan fingerprint density at radius 3 is 2.29 bits per heavy atom. The number of hydrogen-bond acceptors (Lipinski definition) is 5. The molecule has 1 amide bonds. The molecular weight excluding hydrogens is 308 g/mol. The van der Waals surface area contributed by atoms with Crippen molar-refractivity contribution in [3.63, 3.8) is 0 Å². The van der Waals surface area contributed by atoms with Crippen molar-refractivity contribution in [1.82, 2.24) is 4.90 Å². The summed E-state index contributed by atoms with van der Waals surface area (Å²) in [6.45, 7) is 6.84. The second-order valence-corrected chi connectivity index (χ2v) is 4.81. The van der Waals surface area contributed by atoms with Crippen molar-refractivity contribution in [3.05, 3.63) is 35.4 Å². The maximum atomic E-state index is 11.9. The highest BCUT2D eigenvalue weighted by atomic mass is 16.5. The van der Waals surface area contributed by atoms with Crippen LogP contribution in [0.3, 0.4) is 0 Å². The van der Waals surface area contributed by atoms with Crippen LogP contribution in [0.5, 0.6) is 5.75 Å². The zero-order valence-corrected chi connectivity index (χ0v) is 14.2. The van der Waals surface area contributed by atoms with Gasteiger partial charge in [0.15, 0.2) is 6.61 Å². The number of benzene rings is 1. The van der Waals surface area contributed by atoms with Crippen molar-refractivity contribution in [2.75, 3.05) is 26.3 Å². The predicted molar refractivity (Wildman–Crippen MR) is 90.1 cm³/mol. The molecule has 0 saturated carbocycles. The summed E-state index contributed by atoms with van der Waals surface area (Å²) in [6.07, 6.45) is 1.42. The van der Waals surface area contributed by atoms with Gasteiger partial charge in [-0.25, -0.2) is 4.79 Å². The minimum Gasteiger partial charge on any atom is -0.494 e. The van der Waals surface area contributed by atoms with E-state index < -0.39 is 5.97 Å². The van der Waals surface area contributed by atoms with Gasteiger partial charge < -0.3 is 14.4 Å². The zero-order valence-electron chi connectivity index (χ0n) is 14.2. The monoisotopic (exact) mass is 330 g/mol. The minimum absolute atomic E-state index is 0.161. The number of nitriles is 1. The molecule has 0 bridgehead atoms. The van der Waals surface area contributed by atoms with Crippen molar-refractivity contribution in [2.24, 2.45) is 0 Å². The second-order valence-electron chi connectivity index (χ2n) is 4.81. The summed E-state index contributed by atoms with van der Waals surface area (Å²) in [5.74, 6) is -0.390. The zero-order chi connectivity index (χ0) is 17.9. The molecule has 6 nitrogen and oxygen atoms in total. The molecule has 128 valence electrons. The Hall–Kier alpha value is -2.81. The van der Waals surface area contributed by atoms with Gasteiger partial charge in [0.25, 0.3) is 5.91 Å². The van der Waals surface area contributed by atoms with Gasteiger partial charge in [-0.1, -0.05) is 12.1 Å². The van der Waals surface area contributed by atoms with Gasteiger partial charge in [-0.2, -0.15) is 5.26 Å². The third-order valence-corrected chi connectivity index (χ3v) is 3.29. The summed E-state index contributed by atoms with van der Waals surface area (Å²) in [6, 6.07) is 8.77. The Kier molecular flexibility index (Phi) is 8.06. The molecule has 0 heterocycles. The number of hydrogen-bond donors (Lipinski definition) is 0. The fourth-order valence-electron chi connectivity index (χ4n) is 2.00. The molecule has 0 aliphatic rings. The van der Waals surface area contributed by atoms with E-state index in [4.69, 9.17) is 14.7 Å². The molecule has 0 atom stereocenters. The van der Waals surface area contributed by atoms with Gasteiger partial charge in [0, 0.05) is 13.1 Å². The van der Waals surface area contributed by atoms with Crippen molar-refractivity contribution < 1.29 is 19.1 Å². The third kappa shape index (κ3) is 5.76. The average Bonchev–Trinajstić information content (AvgIpc) is 2.60. The maximum Gasteiger partial charge on any atom is 0.349 e. The van der Waals surface area contributed by atoms with E-state index in [0.29, 0.717) is 31.0 Å². The van der Waals surface area contributed by atoms with Crippen LogP contribution in [0.4, 0.5) is 0 Å². The molecule has 0 aliphatic heterocycles. The lowest BCUT2D eigenvalue weighted by atomic mass is 10.1. The predicted octanol–water partition coefficient (Wildman–Crippen LogP) is 2.40. The van der Waals surface area contributed by atoms with Crippen LogP contribution < -0.4 is 4.74 Å². The van der Waals surface area contributed by atoms with Gasteiger partial charge in [0.05, 0.1) is 6.61 Å². The van der Waals surface area contributed by atoms with Crippen LogP contribution in [0.2, 0.25) is 0 Å². The van der Waals surface area contributed by atoms with Gasteiger partial charge in [0.2, 0.25) is 0 Å². The molecule has 0 unspecified atom stereocenters. The molecule has 1 rings (SSSR count). The van der Waals surface area contributed by atoms with Crippen LogP contribution in [0.25, 0.3) is 6.08 Å². The second kappa shape index (κ2) is 10.1. The van der Waals surface area contributed by atoms with E-state index in [1.165, 1.54) is 6.08 Å². The summed E-state index contributed by atoms with van der Waals surface area (Å²) in [5.41, 5.74) is 0.508. The summed E-state index contributed by atoms with van der Waals surface area (Å²) < 4.78 is 10.3. The van der Waals surface area contributed by atoms with Crippen LogP contribution in [-0.2, 0) is 14.3 Å². The first-order valence-corrected chi connectivity index (χ1v) is 7.85. The molecule has 0 aliphatic carbocycles. The van der Waals surface area contributed by atoms with Gasteiger partial charge in [-0.05, 0) is 44.5 Å². The molecule has 0 saturated heterocycles. The SMILES string of the molecule is CCOc1ccc(/C=C(\C#N)C(=O)OCC(=O)N(CC)CC)cc1. The number of carbonyl (C=O) groups is 2. The quantitative estimate of drug-likeness (QED) is 0.415. The van der Waals surface area contributed by atoms with E-state index in [2.05, 4.69) is 0 Å². The largest absolute Gasteiger partial charge is 0.494 e. The van der Waals surface area contributed by atoms with Crippen molar-refractivity contribution in [1.29, 1.82) is 5.26 Å². The molecular formula is C18H22N2O4. The number of carbonyl (C=O) groups excluding carboxylic acids is 2. The van der Waals surface area contributed by atoms with Gasteiger partial charge in [-0.3, -0.25) is 4.79 Å². The maximum absolute atomic E-state index is 11.9. The molecule has 0 spiro atoms.